The Kier molecular flexibility index (Phi) is 19.8. The molecule has 0 bridgehead atoms. The molecule has 0 fully saturated rings. The Hall–Kier alpha value is -0.814. The fourth-order valence-corrected chi connectivity index (χ4v) is 3.74. The molecular weight excluding hydrogens is 495 g/mol. The van der Waals surface area contributed by atoms with Crippen LogP contribution in [0.2, 0.25) is 0 Å². The molecule has 0 unspecified atom stereocenters. The second kappa shape index (κ2) is 20.3. The van der Waals surface area contributed by atoms with E-state index < -0.39 is 27.0 Å². The van der Waals surface area contributed by atoms with E-state index in [1.807, 2.05) is 0 Å². The number of allylic oxidation sites excluding steroid dienone is 2. The maximum absolute atomic E-state index is 12.5. The van der Waals surface area contributed by atoms with Gasteiger partial charge in [-0.1, -0.05) is 65.2 Å². The van der Waals surface area contributed by atoms with Crippen LogP contribution < -0.4 is 51.4 Å². The van der Waals surface area contributed by atoms with Crippen molar-refractivity contribution in [1.29, 1.82) is 0 Å². The van der Waals surface area contributed by atoms with Gasteiger partial charge < -0.3 is 14.0 Å². The number of carbonyl (C=O) groups excluding carboxylic acids is 2. The van der Waals surface area contributed by atoms with E-state index in [1.165, 1.54) is 31.8 Å². The molecule has 0 aliphatic rings. The molecule has 0 heterocycles. The number of hydrogen-bond donors (Lipinski definition) is 0. The summed E-state index contributed by atoms with van der Waals surface area (Å²) in [6.07, 6.45) is 18.5. The third-order valence-electron chi connectivity index (χ3n) is 5.21. The van der Waals surface area contributed by atoms with E-state index in [9.17, 15) is 22.6 Å². The average Bonchev–Trinajstić information content (AvgIpc) is 2.81. The maximum atomic E-state index is 12.5. The van der Waals surface area contributed by atoms with Crippen molar-refractivity contribution < 1.29 is 83.4 Å². The number of benzene rings is 1. The maximum Gasteiger partial charge on any atom is 1.00 e. The second-order valence-electron chi connectivity index (χ2n) is 8.12. The number of esters is 2. The van der Waals surface area contributed by atoms with E-state index in [1.54, 1.807) is 12.2 Å². The summed E-state index contributed by atoms with van der Waals surface area (Å²) in [6, 6.07) is 2.90. The largest absolute Gasteiger partial charge is 1.00 e. The molecule has 0 saturated carbocycles. The molecular formula is C26H37KO7S. The number of rotatable bonds is 17. The van der Waals surface area contributed by atoms with Gasteiger partial charge in [0.1, 0.15) is 10.1 Å². The smallest absolute Gasteiger partial charge is 0.744 e. The molecule has 190 valence electrons. The zero-order valence-corrected chi connectivity index (χ0v) is 25.2. The third kappa shape index (κ3) is 15.1. The SMILES string of the molecule is CCCCCCC/C=C/OC(=O)c1ccc(S(=O)(=O)[O-])cc1C(=O)O/C=C/CCCCCCC.[K+]. The van der Waals surface area contributed by atoms with Crippen molar-refractivity contribution in [2.75, 3.05) is 0 Å². The van der Waals surface area contributed by atoms with E-state index in [0.29, 0.717) is 0 Å². The number of unbranched alkanes of at least 4 members (excludes halogenated alkanes) is 10. The monoisotopic (exact) mass is 532 g/mol. The van der Waals surface area contributed by atoms with Crippen molar-refractivity contribution >= 4 is 22.1 Å². The molecule has 0 saturated heterocycles. The minimum absolute atomic E-state index is 0. The van der Waals surface area contributed by atoms with Crippen LogP contribution in [0.4, 0.5) is 0 Å². The van der Waals surface area contributed by atoms with Crippen LogP contribution in [-0.2, 0) is 19.6 Å². The number of ether oxygens (including phenoxy) is 2. The van der Waals surface area contributed by atoms with Crippen molar-refractivity contribution in [1.82, 2.24) is 0 Å². The predicted octanol–water partition coefficient (Wildman–Crippen LogP) is 3.66. The van der Waals surface area contributed by atoms with Crippen LogP contribution in [0.15, 0.2) is 47.8 Å². The summed E-state index contributed by atoms with van der Waals surface area (Å²) < 4.78 is 44.3. The summed E-state index contributed by atoms with van der Waals surface area (Å²) in [5.74, 6) is -1.79. The van der Waals surface area contributed by atoms with Gasteiger partial charge in [0.15, 0.2) is 0 Å². The summed E-state index contributed by atoms with van der Waals surface area (Å²) in [4.78, 5) is 24.4. The van der Waals surface area contributed by atoms with Gasteiger partial charge in [-0.05, 0) is 56.0 Å². The van der Waals surface area contributed by atoms with E-state index in [-0.39, 0.29) is 62.5 Å². The molecule has 1 aromatic rings. The molecule has 1 aromatic carbocycles. The summed E-state index contributed by atoms with van der Waals surface area (Å²) in [7, 11) is -4.82. The molecule has 1 rings (SSSR count). The van der Waals surface area contributed by atoms with Gasteiger partial charge in [-0.2, -0.15) is 0 Å². The van der Waals surface area contributed by atoms with E-state index >= 15 is 0 Å². The Balaban J connectivity index is 0.0000116. The summed E-state index contributed by atoms with van der Waals surface area (Å²) in [5.41, 5.74) is -0.527. The minimum atomic E-state index is -4.82. The van der Waals surface area contributed by atoms with Crippen molar-refractivity contribution in [3.05, 3.63) is 54.0 Å². The quantitative estimate of drug-likeness (QED) is 0.0990. The first kappa shape index (κ1) is 34.2. The zero-order valence-electron chi connectivity index (χ0n) is 21.3. The molecule has 0 aliphatic carbocycles. The first-order valence-electron chi connectivity index (χ1n) is 12.1. The first-order valence-corrected chi connectivity index (χ1v) is 13.5. The zero-order chi connectivity index (χ0) is 25.2. The fraction of sp³-hybridized carbons (Fsp3) is 0.538. The molecule has 35 heavy (non-hydrogen) atoms. The molecule has 0 aromatic heterocycles. The molecule has 9 heteroatoms. The molecule has 7 nitrogen and oxygen atoms in total. The molecule has 0 N–H and O–H groups in total. The predicted molar refractivity (Wildman–Crippen MR) is 130 cm³/mol. The van der Waals surface area contributed by atoms with E-state index in [4.69, 9.17) is 9.47 Å². The number of carbonyl (C=O) groups is 2. The second-order valence-corrected chi connectivity index (χ2v) is 9.50. The standard InChI is InChI=1S/C26H38O7S.K/c1-3-5-7-9-11-13-15-19-32-25(27)23-18-17-22(34(29,30)31)21-24(23)26(28)33-20-16-14-12-10-8-6-4-2;/h15-21H,3-14H2,1-2H3,(H,29,30,31);/q;+1/p-1/b19-15+,20-16+;. The van der Waals surface area contributed by atoms with Crippen LogP contribution in [0.3, 0.4) is 0 Å². The third-order valence-corrected chi connectivity index (χ3v) is 6.04. The fourth-order valence-electron chi connectivity index (χ4n) is 3.24. The van der Waals surface area contributed by atoms with Crippen LogP contribution >= 0.6 is 0 Å². The van der Waals surface area contributed by atoms with Crippen LogP contribution in [-0.4, -0.2) is 24.9 Å². The molecule has 0 spiro atoms. The van der Waals surface area contributed by atoms with Crippen molar-refractivity contribution in [3.8, 4) is 0 Å². The van der Waals surface area contributed by atoms with Gasteiger partial charge in [-0.25, -0.2) is 18.0 Å². The average molecular weight is 533 g/mol. The Labute approximate surface area is 252 Å². The Morgan fingerprint density at radius 3 is 1.69 bits per heavy atom. The van der Waals surface area contributed by atoms with Crippen LogP contribution in [0.25, 0.3) is 0 Å². The Morgan fingerprint density at radius 2 is 1.23 bits per heavy atom. The number of hydrogen-bond acceptors (Lipinski definition) is 7. The normalized spacial score (nSPS) is 11.5. The van der Waals surface area contributed by atoms with Crippen molar-refractivity contribution in [3.63, 3.8) is 0 Å². The Bertz CT molecular complexity index is 924. The summed E-state index contributed by atoms with van der Waals surface area (Å²) in [6.45, 7) is 4.29. The van der Waals surface area contributed by atoms with Gasteiger partial charge in [0.25, 0.3) is 0 Å². The van der Waals surface area contributed by atoms with E-state index in [0.717, 1.165) is 76.0 Å². The van der Waals surface area contributed by atoms with Crippen molar-refractivity contribution in [2.24, 2.45) is 0 Å². The summed E-state index contributed by atoms with van der Waals surface area (Å²) in [5, 5.41) is 0. The van der Waals surface area contributed by atoms with Gasteiger partial charge in [-0.3, -0.25) is 0 Å². The van der Waals surface area contributed by atoms with Gasteiger partial charge in [-0.15, -0.1) is 0 Å². The molecule has 0 amide bonds. The minimum Gasteiger partial charge on any atom is -0.744 e. The van der Waals surface area contributed by atoms with E-state index in [2.05, 4.69) is 13.8 Å². The topological polar surface area (TPSA) is 110 Å². The van der Waals surface area contributed by atoms with Gasteiger partial charge in [0.2, 0.25) is 0 Å². The van der Waals surface area contributed by atoms with Crippen molar-refractivity contribution in [2.45, 2.75) is 95.8 Å². The van der Waals surface area contributed by atoms with Gasteiger partial charge in [0, 0.05) is 0 Å². The van der Waals surface area contributed by atoms with Crippen LogP contribution in [0, 0.1) is 0 Å². The Morgan fingerprint density at radius 1 is 0.771 bits per heavy atom. The van der Waals surface area contributed by atoms with Gasteiger partial charge >= 0.3 is 63.3 Å². The molecule has 0 radical (unpaired) electrons. The molecule has 0 aliphatic heterocycles. The summed E-state index contributed by atoms with van der Waals surface area (Å²) >= 11 is 0. The first-order chi connectivity index (χ1) is 16.3. The van der Waals surface area contributed by atoms with Crippen LogP contribution in [0.1, 0.15) is 112 Å². The van der Waals surface area contributed by atoms with Crippen LogP contribution in [0.5, 0.6) is 0 Å². The molecule has 0 atom stereocenters. The van der Waals surface area contributed by atoms with Gasteiger partial charge in [0.05, 0.1) is 28.5 Å².